The molecule has 0 amide bonds. The summed E-state index contributed by atoms with van der Waals surface area (Å²) in [6, 6.07) is 36.7. The molecule has 0 aliphatic rings. The third kappa shape index (κ3) is 8.12. The average molecular weight is 360 g/mol. The molecule has 2 heteroatoms. The minimum Gasteiger partial charge on any atom is -0.214 e. The van der Waals surface area contributed by atoms with E-state index in [-0.39, 0.29) is 37.1 Å². The van der Waals surface area contributed by atoms with E-state index >= 15 is 0 Å². The molecule has 0 aliphatic carbocycles. The first-order chi connectivity index (χ1) is 9.97. The summed E-state index contributed by atoms with van der Waals surface area (Å²) in [6.07, 6.45) is 0. The zero-order valence-electron chi connectivity index (χ0n) is 12.3. The van der Waals surface area contributed by atoms with Gasteiger partial charge in [0.25, 0.3) is 0 Å². The van der Waals surface area contributed by atoms with Crippen LogP contribution in [0, 0.1) is 0 Å². The number of hydrogen-bond acceptors (Lipinski definition) is 0. The van der Waals surface area contributed by atoms with Gasteiger partial charge in [-0.15, -0.1) is 0 Å². The van der Waals surface area contributed by atoms with E-state index in [0.717, 1.165) is 0 Å². The molecule has 4 aromatic carbocycles. The predicted molar refractivity (Wildman–Crippen MR) is 87.1 cm³/mol. The number of rotatable bonds is 1. The van der Waals surface area contributed by atoms with Gasteiger partial charge in [0.05, 0.1) is 0 Å². The van der Waals surface area contributed by atoms with E-state index in [2.05, 4.69) is 48.5 Å². The Bertz CT molecular complexity index is 505. The molecule has 2 radical (unpaired) electrons. The van der Waals surface area contributed by atoms with Crippen LogP contribution in [0.25, 0.3) is 11.1 Å². The minimum absolute atomic E-state index is 0. The Labute approximate surface area is 157 Å². The summed E-state index contributed by atoms with van der Waals surface area (Å²) in [5.41, 5.74) is 2.62. The maximum Gasteiger partial charge on any atom is 0 e. The van der Waals surface area contributed by atoms with Crippen molar-refractivity contribution in [2.45, 2.75) is 0 Å². The Morgan fingerprint density at radius 3 is 0.864 bits per heavy atom. The van der Waals surface area contributed by atoms with Crippen LogP contribution in [0.1, 0.15) is 0 Å². The Morgan fingerprint density at radius 2 is 0.682 bits per heavy atom. The first-order valence-electron chi connectivity index (χ1n) is 6.74. The zero-order chi connectivity index (χ0) is 13.9. The minimum atomic E-state index is 0. The van der Waals surface area contributed by atoms with Gasteiger partial charge in [0, 0.05) is 37.1 Å². The molecule has 0 unspecified atom stereocenters. The van der Waals surface area contributed by atoms with Gasteiger partial charge in [-0.05, 0) is 0 Å². The van der Waals surface area contributed by atoms with Gasteiger partial charge in [0.2, 0.25) is 0 Å². The first kappa shape index (κ1) is 20.6. The van der Waals surface area contributed by atoms with Crippen molar-refractivity contribution in [2.24, 2.45) is 0 Å². The molecule has 0 fully saturated rings. The van der Waals surface area contributed by atoms with E-state index in [1.807, 2.05) is 60.7 Å². The third-order valence-corrected chi connectivity index (χ3v) is 2.77. The molecule has 4 aromatic rings. The van der Waals surface area contributed by atoms with Gasteiger partial charge in [-0.2, -0.15) is 96.1 Å². The molecule has 0 bridgehead atoms. The Kier molecular flexibility index (Phi) is 12.4. The fourth-order valence-electron chi connectivity index (χ4n) is 1.77. The second kappa shape index (κ2) is 13.2. The molecule has 0 aromatic heterocycles. The zero-order valence-corrected chi connectivity index (χ0v) is 15.1. The van der Waals surface area contributed by atoms with Gasteiger partial charge in [-0.1, -0.05) is 0 Å². The Morgan fingerprint density at radius 1 is 0.409 bits per heavy atom. The van der Waals surface area contributed by atoms with Crippen molar-refractivity contribution in [1.82, 2.24) is 0 Å². The van der Waals surface area contributed by atoms with E-state index in [4.69, 9.17) is 0 Å². The molecular weight excluding hydrogens is 342 g/mol. The van der Waals surface area contributed by atoms with Crippen molar-refractivity contribution < 1.29 is 37.1 Å². The molecule has 112 valence electrons. The fraction of sp³-hybridized carbons (Fsp3) is 0. The molecule has 0 aliphatic heterocycles. The summed E-state index contributed by atoms with van der Waals surface area (Å²) in [5.74, 6) is 0. The Hall–Kier alpha value is -1.43. The van der Waals surface area contributed by atoms with Crippen LogP contribution in [0.2, 0.25) is 0 Å². The normalized spacial score (nSPS) is 8.18. The average Bonchev–Trinajstić information content (AvgIpc) is 3.35. The maximum atomic E-state index is 2.12. The Balaban J connectivity index is 0.000000316. The van der Waals surface area contributed by atoms with Crippen LogP contribution in [0.5, 0.6) is 0 Å². The van der Waals surface area contributed by atoms with Crippen molar-refractivity contribution in [2.75, 3.05) is 0 Å². The van der Waals surface area contributed by atoms with Gasteiger partial charge in [-0.3, -0.25) is 0 Å². The molecule has 0 N–H and O–H groups in total. The second-order valence-corrected chi connectivity index (χ2v) is 4.27. The van der Waals surface area contributed by atoms with Crippen molar-refractivity contribution in [3.05, 3.63) is 109 Å². The topological polar surface area (TPSA) is 0 Å². The SMILES string of the molecule is [V].[V].c1cc[c-](-[c-]2cccc2)c1.c1cc[cH-]c1.c1cc[cH-]c1. The van der Waals surface area contributed by atoms with Gasteiger partial charge in [0.1, 0.15) is 0 Å². The number of hydrogen-bond donors (Lipinski definition) is 0. The van der Waals surface area contributed by atoms with Gasteiger partial charge in [0.15, 0.2) is 0 Å². The standard InChI is InChI=1S/C10H8.2C5H5.2V/c1-2-6-9(5-1)10-7-3-4-8-10;2*1-2-4-5-3-1;;/h1-8H;2*1-5H;;/q-2;2*-1;;. The molecule has 0 spiro atoms. The maximum absolute atomic E-state index is 2.12. The predicted octanol–water partition coefficient (Wildman–Crippen LogP) is 5.60. The summed E-state index contributed by atoms with van der Waals surface area (Å²) in [5, 5.41) is 0. The van der Waals surface area contributed by atoms with Crippen LogP contribution in [-0.2, 0) is 37.1 Å². The van der Waals surface area contributed by atoms with Crippen LogP contribution >= 0.6 is 0 Å². The molecule has 0 nitrogen and oxygen atoms in total. The van der Waals surface area contributed by atoms with Crippen molar-refractivity contribution in [1.29, 1.82) is 0 Å². The smallest absolute Gasteiger partial charge is 0 e. The van der Waals surface area contributed by atoms with E-state index in [9.17, 15) is 0 Å². The van der Waals surface area contributed by atoms with Crippen molar-refractivity contribution in [3.8, 4) is 11.1 Å². The van der Waals surface area contributed by atoms with Crippen molar-refractivity contribution >= 4 is 0 Å². The molecular formula is C20H18V2-4. The summed E-state index contributed by atoms with van der Waals surface area (Å²) in [6.45, 7) is 0. The third-order valence-electron chi connectivity index (χ3n) is 2.77. The molecule has 4 rings (SSSR count). The molecule has 0 saturated carbocycles. The van der Waals surface area contributed by atoms with Crippen LogP contribution < -0.4 is 0 Å². The summed E-state index contributed by atoms with van der Waals surface area (Å²) in [7, 11) is 0. The fourth-order valence-corrected chi connectivity index (χ4v) is 1.77. The largest absolute Gasteiger partial charge is 0.214 e. The molecule has 0 saturated heterocycles. The van der Waals surface area contributed by atoms with E-state index < -0.39 is 0 Å². The van der Waals surface area contributed by atoms with E-state index in [0.29, 0.717) is 0 Å². The van der Waals surface area contributed by atoms with Crippen molar-refractivity contribution in [3.63, 3.8) is 0 Å². The van der Waals surface area contributed by atoms with Crippen LogP contribution in [0.4, 0.5) is 0 Å². The quantitative estimate of drug-likeness (QED) is 0.388. The van der Waals surface area contributed by atoms with E-state index in [1.165, 1.54) is 11.1 Å². The van der Waals surface area contributed by atoms with Gasteiger partial charge in [-0.25, -0.2) is 24.3 Å². The first-order valence-corrected chi connectivity index (χ1v) is 6.74. The molecule has 0 atom stereocenters. The van der Waals surface area contributed by atoms with Crippen LogP contribution in [0.15, 0.2) is 109 Å². The monoisotopic (exact) mass is 360 g/mol. The summed E-state index contributed by atoms with van der Waals surface area (Å²) >= 11 is 0. The van der Waals surface area contributed by atoms with Gasteiger partial charge >= 0.3 is 0 Å². The summed E-state index contributed by atoms with van der Waals surface area (Å²) in [4.78, 5) is 0. The molecule has 0 heterocycles. The molecule has 22 heavy (non-hydrogen) atoms. The second-order valence-electron chi connectivity index (χ2n) is 4.27. The van der Waals surface area contributed by atoms with E-state index in [1.54, 1.807) is 0 Å². The van der Waals surface area contributed by atoms with Gasteiger partial charge < -0.3 is 0 Å². The summed E-state index contributed by atoms with van der Waals surface area (Å²) < 4.78 is 0. The van der Waals surface area contributed by atoms with Crippen LogP contribution in [-0.4, -0.2) is 0 Å². The van der Waals surface area contributed by atoms with Crippen LogP contribution in [0.3, 0.4) is 0 Å².